The van der Waals surface area contributed by atoms with Crippen LogP contribution in [0.15, 0.2) is 6.20 Å². The molecule has 0 aromatic carbocycles. The summed E-state index contributed by atoms with van der Waals surface area (Å²) >= 11 is 0. The predicted octanol–water partition coefficient (Wildman–Crippen LogP) is 1.03. The second-order valence-electron chi connectivity index (χ2n) is 5.88. The lowest BCUT2D eigenvalue weighted by Crippen LogP contribution is -2.46. The number of rotatable bonds is 6. The van der Waals surface area contributed by atoms with E-state index in [0.717, 1.165) is 0 Å². The Hall–Kier alpha value is -2.18. The molecular formula is C14H23N5O2. The summed E-state index contributed by atoms with van der Waals surface area (Å²) in [4.78, 5) is 31.9. The van der Waals surface area contributed by atoms with Gasteiger partial charge in [0.05, 0.1) is 11.9 Å². The van der Waals surface area contributed by atoms with Crippen LogP contribution >= 0.6 is 0 Å². The Labute approximate surface area is 124 Å². The van der Waals surface area contributed by atoms with Crippen molar-refractivity contribution in [1.82, 2.24) is 15.3 Å². The van der Waals surface area contributed by atoms with E-state index in [9.17, 15) is 9.59 Å². The Kier molecular flexibility index (Phi) is 5.23. The first-order valence-corrected chi connectivity index (χ1v) is 6.82. The molecule has 0 saturated carbocycles. The summed E-state index contributed by atoms with van der Waals surface area (Å²) in [6.45, 7) is 7.37. The van der Waals surface area contributed by atoms with Gasteiger partial charge in [-0.1, -0.05) is 13.8 Å². The van der Waals surface area contributed by atoms with E-state index in [1.807, 2.05) is 13.8 Å². The van der Waals surface area contributed by atoms with E-state index >= 15 is 0 Å². The van der Waals surface area contributed by atoms with Gasteiger partial charge in [0.1, 0.15) is 5.82 Å². The summed E-state index contributed by atoms with van der Waals surface area (Å²) < 4.78 is 0. The molecule has 0 aliphatic heterocycles. The third-order valence-corrected chi connectivity index (χ3v) is 2.88. The molecule has 1 rings (SSSR count). The third kappa shape index (κ3) is 4.70. The summed E-state index contributed by atoms with van der Waals surface area (Å²) in [6.07, 6.45) is 1.63. The minimum Gasteiger partial charge on any atom is -0.385 e. The maximum absolute atomic E-state index is 12.4. The van der Waals surface area contributed by atoms with Crippen molar-refractivity contribution in [3.8, 4) is 0 Å². The van der Waals surface area contributed by atoms with Gasteiger partial charge in [-0.3, -0.25) is 9.59 Å². The van der Waals surface area contributed by atoms with Crippen molar-refractivity contribution in [1.29, 1.82) is 0 Å². The van der Waals surface area contributed by atoms with E-state index in [1.54, 1.807) is 27.1 Å². The summed E-state index contributed by atoms with van der Waals surface area (Å²) in [5.41, 5.74) is 5.24. The van der Waals surface area contributed by atoms with Crippen LogP contribution in [0.3, 0.4) is 0 Å². The Morgan fingerprint density at radius 1 is 1.38 bits per heavy atom. The van der Waals surface area contributed by atoms with Crippen molar-refractivity contribution in [2.75, 3.05) is 12.4 Å². The number of amides is 2. The number of anilines is 1. The average molecular weight is 293 g/mol. The van der Waals surface area contributed by atoms with E-state index in [4.69, 9.17) is 5.73 Å². The van der Waals surface area contributed by atoms with Crippen LogP contribution in [0.25, 0.3) is 0 Å². The number of hydrogen-bond donors (Lipinski definition) is 3. The Morgan fingerprint density at radius 3 is 2.48 bits per heavy atom. The molecule has 1 heterocycles. The first-order chi connectivity index (χ1) is 9.66. The monoisotopic (exact) mass is 293 g/mol. The van der Waals surface area contributed by atoms with Gasteiger partial charge in [-0.2, -0.15) is 0 Å². The number of nitrogens with one attached hydrogen (secondary N) is 2. The van der Waals surface area contributed by atoms with Gasteiger partial charge in [-0.05, 0) is 13.8 Å². The molecule has 0 bridgehead atoms. The molecule has 0 saturated heterocycles. The molecule has 1 aromatic heterocycles. The van der Waals surface area contributed by atoms with Gasteiger partial charge in [0.25, 0.3) is 5.91 Å². The first-order valence-electron chi connectivity index (χ1n) is 6.82. The lowest BCUT2D eigenvalue weighted by Gasteiger charge is -2.25. The SMILES string of the molecule is CNc1cnc(C(C)C)nc1C(=O)NC(C)(C)CC(N)=O. The van der Waals surface area contributed by atoms with Crippen LogP contribution < -0.4 is 16.4 Å². The topological polar surface area (TPSA) is 110 Å². The van der Waals surface area contributed by atoms with Gasteiger partial charge in [0, 0.05) is 24.9 Å². The largest absolute Gasteiger partial charge is 0.385 e. The lowest BCUT2D eigenvalue weighted by atomic mass is 10.00. The van der Waals surface area contributed by atoms with Crippen LogP contribution in [-0.4, -0.2) is 34.4 Å². The van der Waals surface area contributed by atoms with E-state index in [-0.39, 0.29) is 23.9 Å². The highest BCUT2D eigenvalue weighted by molar-refractivity contribution is 5.98. The standard InChI is InChI=1S/C14H23N5O2/c1-8(2)12-17-7-9(16-5)11(18-12)13(21)19-14(3,4)6-10(15)20/h7-8,16H,6H2,1-5H3,(H2,15,20)(H,19,21). The molecule has 0 atom stereocenters. The molecule has 0 fully saturated rings. The highest BCUT2D eigenvalue weighted by Gasteiger charge is 2.26. The summed E-state index contributed by atoms with van der Waals surface area (Å²) in [7, 11) is 1.69. The van der Waals surface area contributed by atoms with Crippen molar-refractivity contribution in [3.63, 3.8) is 0 Å². The number of carbonyl (C=O) groups excluding carboxylic acids is 2. The average Bonchev–Trinajstić information content (AvgIpc) is 2.35. The van der Waals surface area contributed by atoms with Crippen molar-refractivity contribution in [2.45, 2.75) is 45.6 Å². The van der Waals surface area contributed by atoms with Crippen molar-refractivity contribution in [3.05, 3.63) is 17.7 Å². The van der Waals surface area contributed by atoms with E-state index in [2.05, 4.69) is 20.6 Å². The minimum atomic E-state index is -0.739. The van der Waals surface area contributed by atoms with Gasteiger partial charge < -0.3 is 16.4 Å². The number of primary amides is 1. The van der Waals surface area contributed by atoms with Crippen LogP contribution in [0.1, 0.15) is 56.3 Å². The zero-order chi connectivity index (χ0) is 16.2. The fourth-order valence-corrected chi connectivity index (χ4v) is 1.88. The molecule has 7 nitrogen and oxygen atoms in total. The van der Waals surface area contributed by atoms with E-state index < -0.39 is 11.4 Å². The van der Waals surface area contributed by atoms with Crippen LogP contribution in [0, 0.1) is 0 Å². The second-order valence-corrected chi connectivity index (χ2v) is 5.88. The molecule has 0 aliphatic rings. The van der Waals surface area contributed by atoms with Gasteiger partial charge >= 0.3 is 0 Å². The molecular weight excluding hydrogens is 270 g/mol. The fourth-order valence-electron chi connectivity index (χ4n) is 1.88. The van der Waals surface area contributed by atoms with Crippen LogP contribution in [0.4, 0.5) is 5.69 Å². The third-order valence-electron chi connectivity index (χ3n) is 2.88. The maximum atomic E-state index is 12.4. The second kappa shape index (κ2) is 6.51. The Morgan fingerprint density at radius 2 is 2.00 bits per heavy atom. The van der Waals surface area contributed by atoms with E-state index in [0.29, 0.717) is 11.5 Å². The highest BCUT2D eigenvalue weighted by Crippen LogP contribution is 2.17. The number of hydrogen-bond acceptors (Lipinski definition) is 5. The molecule has 0 spiro atoms. The fraction of sp³-hybridized carbons (Fsp3) is 0.571. The molecule has 0 radical (unpaired) electrons. The van der Waals surface area contributed by atoms with Gasteiger partial charge in [-0.15, -0.1) is 0 Å². The Balaban J connectivity index is 3.05. The van der Waals surface area contributed by atoms with Gasteiger partial charge in [0.2, 0.25) is 5.91 Å². The molecule has 0 unspecified atom stereocenters. The molecule has 0 aliphatic carbocycles. The zero-order valence-electron chi connectivity index (χ0n) is 13.2. The molecule has 116 valence electrons. The number of nitrogens with two attached hydrogens (primary N) is 1. The van der Waals surface area contributed by atoms with Crippen molar-refractivity contribution >= 4 is 17.5 Å². The minimum absolute atomic E-state index is 0.0513. The van der Waals surface area contributed by atoms with Crippen LogP contribution in [-0.2, 0) is 4.79 Å². The highest BCUT2D eigenvalue weighted by atomic mass is 16.2. The zero-order valence-corrected chi connectivity index (χ0v) is 13.2. The summed E-state index contributed by atoms with van der Waals surface area (Å²) in [6, 6.07) is 0. The summed E-state index contributed by atoms with van der Waals surface area (Å²) in [5.74, 6) is -0.137. The van der Waals surface area contributed by atoms with Crippen LogP contribution in [0.2, 0.25) is 0 Å². The number of aromatic nitrogens is 2. The normalized spacial score (nSPS) is 11.3. The van der Waals surface area contributed by atoms with Crippen LogP contribution in [0.5, 0.6) is 0 Å². The molecule has 2 amide bonds. The van der Waals surface area contributed by atoms with Crippen molar-refractivity contribution < 1.29 is 9.59 Å². The predicted molar refractivity (Wildman–Crippen MR) is 81.0 cm³/mol. The maximum Gasteiger partial charge on any atom is 0.272 e. The first kappa shape index (κ1) is 16.9. The molecule has 7 heteroatoms. The smallest absolute Gasteiger partial charge is 0.272 e. The lowest BCUT2D eigenvalue weighted by molar-refractivity contribution is -0.119. The summed E-state index contributed by atoms with van der Waals surface area (Å²) in [5, 5.41) is 5.67. The quantitative estimate of drug-likeness (QED) is 0.725. The number of nitrogens with zero attached hydrogens (tertiary/aromatic N) is 2. The van der Waals surface area contributed by atoms with Gasteiger partial charge in [-0.25, -0.2) is 9.97 Å². The number of carbonyl (C=O) groups is 2. The van der Waals surface area contributed by atoms with Gasteiger partial charge in [0.15, 0.2) is 5.69 Å². The van der Waals surface area contributed by atoms with Crippen molar-refractivity contribution in [2.24, 2.45) is 5.73 Å². The molecule has 1 aromatic rings. The molecule has 4 N–H and O–H groups in total. The van der Waals surface area contributed by atoms with E-state index in [1.165, 1.54) is 0 Å². The molecule has 21 heavy (non-hydrogen) atoms. The Bertz CT molecular complexity index is 540.